The monoisotopic (exact) mass is 388 g/mol. The van der Waals surface area contributed by atoms with Gasteiger partial charge in [0.15, 0.2) is 0 Å². The smallest absolute Gasteiger partial charge is 0.225 e. The van der Waals surface area contributed by atoms with Gasteiger partial charge in [-0.25, -0.2) is 4.39 Å². The number of hydrogen-bond acceptors (Lipinski definition) is 3. The van der Waals surface area contributed by atoms with Crippen LogP contribution in [0.4, 0.5) is 10.1 Å². The van der Waals surface area contributed by atoms with E-state index in [2.05, 4.69) is 46.9 Å². The van der Waals surface area contributed by atoms with Gasteiger partial charge < -0.3 is 15.3 Å². The number of amides is 1. The number of aliphatic hydroxyl groups is 1. The van der Waals surface area contributed by atoms with Crippen LogP contribution in [0.15, 0.2) is 22.7 Å². The van der Waals surface area contributed by atoms with E-state index >= 15 is 0 Å². The third-order valence-corrected chi connectivity index (χ3v) is 3.68. The van der Waals surface area contributed by atoms with Gasteiger partial charge in [-0.2, -0.15) is 0 Å². The van der Waals surface area contributed by atoms with E-state index in [0.29, 0.717) is 17.4 Å². The van der Waals surface area contributed by atoms with E-state index in [9.17, 15) is 9.18 Å². The number of nitrogens with zero attached hydrogens (tertiary/aromatic N) is 1. The summed E-state index contributed by atoms with van der Waals surface area (Å²) in [5.74, 6) is -0.673. The largest absolute Gasteiger partial charge is 0.396 e. The molecule has 0 aliphatic carbocycles. The second kappa shape index (κ2) is 9.35. The quantitative estimate of drug-likeness (QED) is 0.714. The standard InChI is InChI=1S/C17H26BrFN2O2/c1-17(2,3)12-21(8-4-10-22)9-7-16(23)20-15-6-5-13(18)11-14(15)19/h5-6,11,22H,4,7-10,12H2,1-3H3,(H,20,23). The van der Waals surface area contributed by atoms with Gasteiger partial charge in [-0.3, -0.25) is 4.79 Å². The number of rotatable bonds is 8. The van der Waals surface area contributed by atoms with Crippen LogP contribution in [0, 0.1) is 11.2 Å². The van der Waals surface area contributed by atoms with Crippen molar-refractivity contribution in [3.8, 4) is 0 Å². The normalized spacial score (nSPS) is 11.8. The summed E-state index contributed by atoms with van der Waals surface area (Å²) in [6.07, 6.45) is 0.968. The molecule has 0 fully saturated rings. The van der Waals surface area contributed by atoms with Gasteiger partial charge in [-0.15, -0.1) is 0 Å². The van der Waals surface area contributed by atoms with Crippen molar-refractivity contribution in [3.05, 3.63) is 28.5 Å². The van der Waals surface area contributed by atoms with Crippen LogP contribution >= 0.6 is 15.9 Å². The van der Waals surface area contributed by atoms with Crippen LogP contribution < -0.4 is 5.32 Å². The minimum Gasteiger partial charge on any atom is -0.396 e. The van der Waals surface area contributed by atoms with Crippen molar-refractivity contribution in [2.75, 3.05) is 31.6 Å². The summed E-state index contributed by atoms with van der Waals surface area (Å²) < 4.78 is 14.3. The zero-order valence-corrected chi connectivity index (χ0v) is 15.6. The highest BCUT2D eigenvalue weighted by atomic mass is 79.9. The lowest BCUT2D eigenvalue weighted by atomic mass is 9.96. The third kappa shape index (κ3) is 8.44. The molecule has 0 heterocycles. The predicted molar refractivity (Wildman–Crippen MR) is 94.9 cm³/mol. The predicted octanol–water partition coefficient (Wildman–Crippen LogP) is 3.65. The zero-order valence-electron chi connectivity index (χ0n) is 14.0. The Balaban J connectivity index is 2.53. The molecule has 130 valence electrons. The van der Waals surface area contributed by atoms with E-state index < -0.39 is 5.82 Å². The van der Waals surface area contributed by atoms with Crippen LogP contribution in [0.3, 0.4) is 0 Å². The van der Waals surface area contributed by atoms with Crippen molar-refractivity contribution < 1.29 is 14.3 Å². The van der Waals surface area contributed by atoms with E-state index in [1.165, 1.54) is 12.1 Å². The molecular formula is C17H26BrFN2O2. The van der Waals surface area contributed by atoms with Crippen LogP contribution in [0.5, 0.6) is 0 Å². The molecule has 1 aromatic rings. The Hall–Kier alpha value is -0.980. The van der Waals surface area contributed by atoms with Gasteiger partial charge in [0.05, 0.1) is 5.69 Å². The summed E-state index contributed by atoms with van der Waals surface area (Å²) in [5, 5.41) is 11.6. The highest BCUT2D eigenvalue weighted by molar-refractivity contribution is 9.10. The first-order chi connectivity index (χ1) is 10.7. The van der Waals surface area contributed by atoms with Crippen LogP contribution in [0.25, 0.3) is 0 Å². The van der Waals surface area contributed by atoms with E-state index in [1.807, 2.05) is 0 Å². The van der Waals surface area contributed by atoms with Crippen molar-refractivity contribution in [3.63, 3.8) is 0 Å². The minimum absolute atomic E-state index is 0.115. The van der Waals surface area contributed by atoms with Gasteiger partial charge in [-0.05, 0) is 30.0 Å². The molecule has 0 aromatic heterocycles. The molecule has 1 aromatic carbocycles. The van der Waals surface area contributed by atoms with Gasteiger partial charge in [0.1, 0.15) is 5.82 Å². The average Bonchev–Trinajstić information content (AvgIpc) is 2.43. The number of carbonyl (C=O) groups excluding carboxylic acids is 1. The van der Waals surface area contributed by atoms with Crippen LogP contribution in [-0.2, 0) is 4.79 Å². The van der Waals surface area contributed by atoms with Crippen molar-refractivity contribution >= 4 is 27.5 Å². The molecular weight excluding hydrogens is 363 g/mol. The Morgan fingerprint density at radius 3 is 2.61 bits per heavy atom. The first-order valence-corrected chi connectivity index (χ1v) is 8.59. The molecule has 0 aliphatic heterocycles. The topological polar surface area (TPSA) is 52.6 Å². The first kappa shape index (κ1) is 20.1. The van der Waals surface area contributed by atoms with Crippen molar-refractivity contribution in [1.29, 1.82) is 0 Å². The number of nitrogens with one attached hydrogen (secondary N) is 1. The number of carbonyl (C=O) groups is 1. The summed E-state index contributed by atoms with van der Waals surface area (Å²) >= 11 is 3.18. The fourth-order valence-corrected chi connectivity index (χ4v) is 2.63. The lowest BCUT2D eigenvalue weighted by molar-refractivity contribution is -0.116. The van der Waals surface area contributed by atoms with Crippen molar-refractivity contribution in [2.24, 2.45) is 5.41 Å². The van der Waals surface area contributed by atoms with E-state index in [0.717, 1.165) is 13.1 Å². The first-order valence-electron chi connectivity index (χ1n) is 7.79. The number of anilines is 1. The maximum atomic E-state index is 13.7. The van der Waals surface area contributed by atoms with Gasteiger partial charge in [0, 0.05) is 37.1 Å². The maximum Gasteiger partial charge on any atom is 0.225 e. The van der Waals surface area contributed by atoms with E-state index in [1.54, 1.807) is 6.07 Å². The fourth-order valence-electron chi connectivity index (χ4n) is 2.30. The summed E-state index contributed by atoms with van der Waals surface area (Å²) in [6, 6.07) is 4.55. The molecule has 23 heavy (non-hydrogen) atoms. The van der Waals surface area contributed by atoms with Gasteiger partial charge in [0.25, 0.3) is 0 Å². The molecule has 0 saturated carbocycles. The van der Waals surface area contributed by atoms with Crippen molar-refractivity contribution in [2.45, 2.75) is 33.6 Å². The third-order valence-electron chi connectivity index (χ3n) is 3.19. The Labute approximate surface area is 146 Å². The number of aliphatic hydroxyl groups excluding tert-OH is 1. The summed E-state index contributed by atoms with van der Waals surface area (Å²) in [7, 11) is 0. The molecule has 0 spiro atoms. The van der Waals surface area contributed by atoms with Crippen LogP contribution in [0.1, 0.15) is 33.6 Å². The molecule has 1 amide bonds. The molecule has 0 aliphatic rings. The molecule has 6 heteroatoms. The zero-order chi connectivity index (χ0) is 17.5. The molecule has 0 saturated heterocycles. The lowest BCUT2D eigenvalue weighted by Crippen LogP contribution is -2.36. The highest BCUT2D eigenvalue weighted by Crippen LogP contribution is 2.20. The molecule has 0 atom stereocenters. The summed E-state index contributed by atoms with van der Waals surface area (Å²) in [6.45, 7) is 8.71. The van der Waals surface area contributed by atoms with E-state index in [4.69, 9.17) is 5.11 Å². The average molecular weight is 389 g/mol. The molecule has 0 unspecified atom stereocenters. The van der Waals surface area contributed by atoms with E-state index in [-0.39, 0.29) is 30.0 Å². The highest BCUT2D eigenvalue weighted by Gasteiger charge is 2.17. The van der Waals surface area contributed by atoms with Gasteiger partial charge >= 0.3 is 0 Å². The second-order valence-corrected chi connectivity index (χ2v) is 7.75. The Kier molecular flexibility index (Phi) is 8.16. The fraction of sp³-hybridized carbons (Fsp3) is 0.588. The molecule has 0 radical (unpaired) electrons. The SMILES string of the molecule is CC(C)(C)CN(CCCO)CCC(=O)Nc1ccc(Br)cc1F. The van der Waals surface area contributed by atoms with Crippen LogP contribution in [-0.4, -0.2) is 42.2 Å². The Morgan fingerprint density at radius 2 is 2.04 bits per heavy atom. The number of halogens is 2. The molecule has 1 rings (SSSR count). The number of benzene rings is 1. The minimum atomic E-state index is -0.459. The molecule has 0 bridgehead atoms. The summed E-state index contributed by atoms with van der Waals surface area (Å²) in [4.78, 5) is 14.2. The Morgan fingerprint density at radius 1 is 1.35 bits per heavy atom. The lowest BCUT2D eigenvalue weighted by Gasteiger charge is -2.29. The van der Waals surface area contributed by atoms with Crippen LogP contribution in [0.2, 0.25) is 0 Å². The second-order valence-electron chi connectivity index (χ2n) is 6.84. The van der Waals surface area contributed by atoms with Crippen molar-refractivity contribution in [1.82, 2.24) is 4.90 Å². The number of hydrogen-bond donors (Lipinski definition) is 2. The maximum absolute atomic E-state index is 13.7. The Bertz CT molecular complexity index is 518. The van der Waals surface area contributed by atoms with Gasteiger partial charge in [0.2, 0.25) is 5.91 Å². The molecule has 4 nitrogen and oxygen atoms in total. The summed E-state index contributed by atoms with van der Waals surface area (Å²) in [5.41, 5.74) is 0.306. The molecule has 2 N–H and O–H groups in total. The van der Waals surface area contributed by atoms with Gasteiger partial charge in [-0.1, -0.05) is 36.7 Å².